The zero-order chi connectivity index (χ0) is 16.9. The van der Waals surface area contributed by atoms with E-state index >= 15 is 0 Å². The van der Waals surface area contributed by atoms with Crippen LogP contribution in [-0.4, -0.2) is 17.6 Å². The van der Waals surface area contributed by atoms with Crippen molar-refractivity contribution in [2.24, 2.45) is 0 Å². The molecule has 0 aliphatic carbocycles. The van der Waals surface area contributed by atoms with Gasteiger partial charge in [-0.1, -0.05) is 60.1 Å². The summed E-state index contributed by atoms with van der Waals surface area (Å²) in [6.45, 7) is 2.09. The third-order valence-electron chi connectivity index (χ3n) is 3.88. The lowest BCUT2D eigenvalue weighted by molar-refractivity contribution is 0.0525. The third-order valence-corrected chi connectivity index (χ3v) is 4.27. The number of fused-ring (bicyclic) bond motifs is 1. The number of carbonyl (C=O) groups excluding carboxylic acids is 1. The molecule has 0 saturated heterocycles. The van der Waals surface area contributed by atoms with Crippen LogP contribution in [0.15, 0.2) is 54.6 Å². The largest absolute Gasteiger partial charge is 0.462 e. The molecular weight excluding hydrogens is 322 g/mol. The Balaban J connectivity index is 2.03. The highest BCUT2D eigenvalue weighted by Gasteiger charge is 2.21. The molecule has 4 heteroatoms. The van der Waals surface area contributed by atoms with E-state index in [-0.39, 0.29) is 0 Å². The van der Waals surface area contributed by atoms with Gasteiger partial charge in [0.1, 0.15) is 5.56 Å². The number of halogens is 1. The van der Waals surface area contributed by atoms with Gasteiger partial charge in [-0.2, -0.15) is 0 Å². The van der Waals surface area contributed by atoms with Crippen LogP contribution in [0.25, 0.3) is 10.9 Å². The molecule has 1 aromatic heterocycles. The summed E-state index contributed by atoms with van der Waals surface area (Å²) in [4.78, 5) is 17.1. The molecule has 0 radical (unpaired) electrons. The summed E-state index contributed by atoms with van der Waals surface area (Å²) in [7, 11) is 0. The highest BCUT2D eigenvalue weighted by Crippen LogP contribution is 2.29. The molecule has 24 heavy (non-hydrogen) atoms. The highest BCUT2D eigenvalue weighted by molar-refractivity contribution is 6.38. The van der Waals surface area contributed by atoms with Crippen LogP contribution in [-0.2, 0) is 17.6 Å². The first-order valence-corrected chi connectivity index (χ1v) is 8.36. The van der Waals surface area contributed by atoms with E-state index in [4.69, 9.17) is 16.3 Å². The molecule has 122 valence electrons. The zero-order valence-corrected chi connectivity index (χ0v) is 14.2. The summed E-state index contributed by atoms with van der Waals surface area (Å²) in [6, 6.07) is 17.7. The number of nitrogens with zero attached hydrogens (tertiary/aromatic N) is 1. The Labute approximate surface area is 146 Å². The third kappa shape index (κ3) is 3.41. The topological polar surface area (TPSA) is 39.2 Å². The molecule has 0 fully saturated rings. The Kier molecular flexibility index (Phi) is 5.11. The van der Waals surface area contributed by atoms with Gasteiger partial charge in [0.25, 0.3) is 0 Å². The molecule has 0 aliphatic rings. The molecule has 0 atom stereocenters. The molecule has 0 unspecified atom stereocenters. The molecule has 0 spiro atoms. The number of benzene rings is 2. The maximum Gasteiger partial charge on any atom is 0.341 e. The summed E-state index contributed by atoms with van der Waals surface area (Å²) >= 11 is 6.52. The molecule has 3 aromatic rings. The van der Waals surface area contributed by atoms with E-state index in [9.17, 15) is 4.79 Å². The second-order valence-corrected chi connectivity index (χ2v) is 5.85. The number of hydrogen-bond acceptors (Lipinski definition) is 3. The number of rotatable bonds is 5. The van der Waals surface area contributed by atoms with Crippen LogP contribution in [0.1, 0.15) is 28.5 Å². The fourth-order valence-corrected chi connectivity index (χ4v) is 3.06. The minimum absolute atomic E-state index is 0.306. The first-order chi connectivity index (χ1) is 11.7. The Morgan fingerprint density at radius 1 is 1.04 bits per heavy atom. The fourth-order valence-electron chi connectivity index (χ4n) is 2.72. The molecular formula is C20H18ClNO2. The maximum atomic E-state index is 12.4. The number of carbonyl (C=O) groups is 1. The Bertz CT molecular complexity index is 862. The number of esters is 1. The summed E-state index contributed by atoms with van der Waals surface area (Å²) in [6.07, 6.45) is 1.41. The van der Waals surface area contributed by atoms with E-state index in [1.807, 2.05) is 42.5 Å². The molecule has 0 aliphatic heterocycles. The van der Waals surface area contributed by atoms with E-state index < -0.39 is 5.97 Å². The van der Waals surface area contributed by atoms with Crippen molar-refractivity contribution in [2.45, 2.75) is 19.8 Å². The molecule has 1 heterocycles. The van der Waals surface area contributed by atoms with Gasteiger partial charge in [0, 0.05) is 5.39 Å². The number of aryl methyl sites for hydroxylation is 2. The predicted molar refractivity (Wildman–Crippen MR) is 96.6 cm³/mol. The first-order valence-electron chi connectivity index (χ1n) is 7.99. The van der Waals surface area contributed by atoms with Crippen LogP contribution in [0.5, 0.6) is 0 Å². The average molecular weight is 340 g/mol. The predicted octanol–water partition coefficient (Wildman–Crippen LogP) is 4.85. The van der Waals surface area contributed by atoms with Crippen molar-refractivity contribution in [3.8, 4) is 0 Å². The molecule has 3 rings (SSSR count). The molecule has 2 aromatic carbocycles. The van der Waals surface area contributed by atoms with Crippen molar-refractivity contribution >= 4 is 28.5 Å². The minimum Gasteiger partial charge on any atom is -0.462 e. The summed E-state index contributed by atoms with van der Waals surface area (Å²) < 4.78 is 5.19. The van der Waals surface area contributed by atoms with Gasteiger partial charge in [-0.15, -0.1) is 0 Å². The maximum absolute atomic E-state index is 12.4. The Hall–Kier alpha value is -2.39. The second-order valence-electron chi connectivity index (χ2n) is 5.47. The van der Waals surface area contributed by atoms with Gasteiger partial charge in [-0.3, -0.25) is 4.98 Å². The van der Waals surface area contributed by atoms with Crippen LogP contribution in [0.4, 0.5) is 0 Å². The van der Waals surface area contributed by atoms with Crippen molar-refractivity contribution in [3.63, 3.8) is 0 Å². The van der Waals surface area contributed by atoms with Gasteiger partial charge in [0.2, 0.25) is 0 Å². The number of pyridine rings is 1. The van der Waals surface area contributed by atoms with Crippen molar-refractivity contribution < 1.29 is 9.53 Å². The second kappa shape index (κ2) is 7.45. The van der Waals surface area contributed by atoms with Crippen molar-refractivity contribution in [1.82, 2.24) is 4.98 Å². The number of hydrogen-bond donors (Lipinski definition) is 0. The normalized spacial score (nSPS) is 10.8. The van der Waals surface area contributed by atoms with E-state index in [0.717, 1.165) is 17.3 Å². The van der Waals surface area contributed by atoms with E-state index in [1.54, 1.807) is 6.92 Å². The number of aromatic nitrogens is 1. The number of ether oxygens (including phenoxy) is 1. The summed E-state index contributed by atoms with van der Waals surface area (Å²) in [5, 5.41) is 1.19. The lowest BCUT2D eigenvalue weighted by Crippen LogP contribution is -2.12. The van der Waals surface area contributed by atoms with Gasteiger partial charge in [-0.25, -0.2) is 4.79 Å². The fraction of sp³-hybridized carbons (Fsp3) is 0.200. The monoisotopic (exact) mass is 339 g/mol. The van der Waals surface area contributed by atoms with Crippen LogP contribution in [0.2, 0.25) is 5.02 Å². The van der Waals surface area contributed by atoms with Gasteiger partial charge < -0.3 is 4.74 Å². The van der Waals surface area contributed by atoms with Crippen molar-refractivity contribution in [1.29, 1.82) is 0 Å². The number of para-hydroxylation sites is 1. The SMILES string of the molecule is CCOC(=O)c1c(CCc2ccccc2)nc2ccccc2c1Cl. The first kappa shape index (κ1) is 16.5. The molecule has 0 amide bonds. The van der Waals surface area contributed by atoms with Gasteiger partial charge in [0.15, 0.2) is 0 Å². The minimum atomic E-state index is -0.413. The van der Waals surface area contributed by atoms with E-state index in [0.29, 0.717) is 29.3 Å². The smallest absolute Gasteiger partial charge is 0.341 e. The van der Waals surface area contributed by atoms with Crippen LogP contribution >= 0.6 is 11.6 Å². The molecule has 0 N–H and O–H groups in total. The van der Waals surface area contributed by atoms with Crippen molar-refractivity contribution in [3.05, 3.63) is 76.4 Å². The van der Waals surface area contributed by atoms with Crippen LogP contribution in [0.3, 0.4) is 0 Å². The highest BCUT2D eigenvalue weighted by atomic mass is 35.5. The van der Waals surface area contributed by atoms with Gasteiger partial charge in [0.05, 0.1) is 22.8 Å². The van der Waals surface area contributed by atoms with Gasteiger partial charge >= 0.3 is 5.97 Å². The lowest BCUT2D eigenvalue weighted by Gasteiger charge is -2.12. The van der Waals surface area contributed by atoms with Crippen LogP contribution < -0.4 is 0 Å². The molecule has 3 nitrogen and oxygen atoms in total. The lowest BCUT2D eigenvalue weighted by atomic mass is 10.0. The quantitative estimate of drug-likeness (QED) is 0.624. The standard InChI is InChI=1S/C20H18ClNO2/c1-2-24-20(23)18-17(13-12-14-8-4-3-5-9-14)22-16-11-7-6-10-15(16)19(18)21/h3-11H,2,12-13H2,1H3. The summed E-state index contributed by atoms with van der Waals surface area (Å²) in [5.41, 5.74) is 3.05. The van der Waals surface area contributed by atoms with E-state index in [1.165, 1.54) is 5.56 Å². The van der Waals surface area contributed by atoms with E-state index in [2.05, 4.69) is 17.1 Å². The van der Waals surface area contributed by atoms with Gasteiger partial charge in [-0.05, 0) is 31.4 Å². The van der Waals surface area contributed by atoms with Crippen LogP contribution in [0, 0.1) is 0 Å². The van der Waals surface area contributed by atoms with Crippen molar-refractivity contribution in [2.75, 3.05) is 6.61 Å². The molecule has 0 bridgehead atoms. The molecule has 0 saturated carbocycles. The zero-order valence-electron chi connectivity index (χ0n) is 13.5. The Morgan fingerprint density at radius 2 is 1.75 bits per heavy atom. The Morgan fingerprint density at radius 3 is 2.50 bits per heavy atom. The average Bonchev–Trinajstić information content (AvgIpc) is 2.61. The summed E-state index contributed by atoms with van der Waals surface area (Å²) in [5.74, 6) is -0.413.